The van der Waals surface area contributed by atoms with E-state index in [9.17, 15) is 4.79 Å². The zero-order valence-corrected chi connectivity index (χ0v) is 14.0. The maximum Gasteiger partial charge on any atom is 0.303 e. The minimum atomic E-state index is -0.693. The molecule has 3 nitrogen and oxygen atoms in total. The topological polar surface area (TPSA) is 46.5 Å². The summed E-state index contributed by atoms with van der Waals surface area (Å²) in [6.07, 6.45) is 15.8. The van der Waals surface area contributed by atoms with Gasteiger partial charge in [0.1, 0.15) is 0 Å². The first kappa shape index (κ1) is 17.5. The number of allylic oxidation sites excluding steroid dienone is 2. The minimum absolute atomic E-state index is 0.279. The number of ether oxygens (including phenoxy) is 1. The molecule has 2 aliphatic carbocycles. The number of carboxylic acids is 1. The van der Waals surface area contributed by atoms with E-state index in [1.807, 2.05) is 0 Å². The van der Waals surface area contributed by atoms with Crippen LogP contribution in [0, 0.1) is 17.8 Å². The molecule has 3 heteroatoms. The molecule has 0 aromatic heterocycles. The van der Waals surface area contributed by atoms with Crippen molar-refractivity contribution in [2.24, 2.45) is 17.8 Å². The molecule has 0 amide bonds. The number of hydrogen-bond donors (Lipinski definition) is 1. The van der Waals surface area contributed by atoms with Crippen LogP contribution in [-0.2, 0) is 9.53 Å². The molecule has 0 aliphatic heterocycles. The number of carbonyl (C=O) groups is 1. The van der Waals surface area contributed by atoms with E-state index in [0.717, 1.165) is 37.7 Å². The molecule has 0 unspecified atom stereocenters. The first-order valence-electron chi connectivity index (χ1n) is 9.20. The Balaban J connectivity index is 1.70. The highest BCUT2D eigenvalue weighted by Crippen LogP contribution is 2.51. The third-order valence-electron chi connectivity index (χ3n) is 5.40. The van der Waals surface area contributed by atoms with Crippen LogP contribution in [-0.4, -0.2) is 23.8 Å². The Morgan fingerprint density at radius 1 is 1.18 bits per heavy atom. The van der Waals surface area contributed by atoms with Crippen LogP contribution in [0.2, 0.25) is 0 Å². The van der Waals surface area contributed by atoms with E-state index in [1.54, 1.807) is 0 Å². The molecule has 2 saturated carbocycles. The lowest BCUT2D eigenvalue weighted by atomic mass is 9.84. The molecule has 4 atom stereocenters. The second-order valence-electron chi connectivity index (χ2n) is 7.03. The van der Waals surface area contributed by atoms with Crippen LogP contribution in [0.1, 0.15) is 71.1 Å². The van der Waals surface area contributed by atoms with Gasteiger partial charge in [0, 0.05) is 13.0 Å². The van der Waals surface area contributed by atoms with Gasteiger partial charge in [-0.15, -0.1) is 0 Å². The summed E-state index contributed by atoms with van der Waals surface area (Å²) >= 11 is 0. The molecule has 0 saturated heterocycles. The van der Waals surface area contributed by atoms with Crippen LogP contribution in [0.15, 0.2) is 12.2 Å². The minimum Gasteiger partial charge on any atom is -0.481 e. The van der Waals surface area contributed by atoms with Gasteiger partial charge in [0.15, 0.2) is 0 Å². The molecule has 0 spiro atoms. The van der Waals surface area contributed by atoms with E-state index < -0.39 is 5.97 Å². The predicted molar refractivity (Wildman–Crippen MR) is 88.8 cm³/mol. The van der Waals surface area contributed by atoms with Crippen LogP contribution in [0.5, 0.6) is 0 Å². The highest BCUT2D eigenvalue weighted by atomic mass is 16.5. The lowest BCUT2D eigenvalue weighted by Gasteiger charge is -2.30. The Morgan fingerprint density at radius 2 is 2.00 bits per heavy atom. The number of hydrogen-bond acceptors (Lipinski definition) is 2. The van der Waals surface area contributed by atoms with Gasteiger partial charge in [-0.05, 0) is 62.7 Å². The molecule has 2 rings (SSSR count). The normalized spacial score (nSPS) is 30.4. The van der Waals surface area contributed by atoms with Crippen molar-refractivity contribution in [1.82, 2.24) is 0 Å². The summed E-state index contributed by atoms with van der Waals surface area (Å²) in [4.78, 5) is 10.5. The van der Waals surface area contributed by atoms with Gasteiger partial charge in [0.2, 0.25) is 0 Å². The summed E-state index contributed by atoms with van der Waals surface area (Å²) < 4.78 is 6.25. The summed E-state index contributed by atoms with van der Waals surface area (Å²) in [5.41, 5.74) is 0. The van der Waals surface area contributed by atoms with E-state index >= 15 is 0 Å². The Morgan fingerprint density at radius 3 is 2.77 bits per heavy atom. The SMILES string of the molecule is CCCCCO[C@H]1[C@H]2CC[C@H](C2)[C@H]1CC=CCCCC(=O)O. The first-order valence-corrected chi connectivity index (χ1v) is 9.20. The maximum atomic E-state index is 10.5. The van der Waals surface area contributed by atoms with Crippen LogP contribution >= 0.6 is 0 Å². The Labute approximate surface area is 135 Å². The molecule has 2 fully saturated rings. The van der Waals surface area contributed by atoms with Crippen LogP contribution in [0.4, 0.5) is 0 Å². The quantitative estimate of drug-likeness (QED) is 0.440. The van der Waals surface area contributed by atoms with Crippen molar-refractivity contribution < 1.29 is 14.6 Å². The van der Waals surface area contributed by atoms with Gasteiger partial charge in [-0.2, -0.15) is 0 Å². The standard InChI is InChI=1S/C19H32O3/c1-2-3-8-13-22-19-16-12-11-15(14-16)17(19)9-6-4-5-7-10-18(20)21/h4,6,15-17,19H,2-3,5,7-14H2,1H3,(H,20,21)/t15-,16+,17-,19+/m1/s1. The van der Waals surface area contributed by atoms with E-state index in [1.165, 1.54) is 38.5 Å². The second kappa shape index (κ2) is 9.34. The Kier molecular flexibility index (Phi) is 7.44. The molecule has 0 aromatic rings. The summed E-state index contributed by atoms with van der Waals surface area (Å²) in [5, 5.41) is 8.63. The highest BCUT2D eigenvalue weighted by molar-refractivity contribution is 5.66. The number of carboxylic acid groups (broad SMARTS) is 1. The lowest BCUT2D eigenvalue weighted by molar-refractivity contribution is -0.137. The third kappa shape index (κ3) is 5.12. The van der Waals surface area contributed by atoms with Crippen molar-refractivity contribution in [3.63, 3.8) is 0 Å². The summed E-state index contributed by atoms with van der Waals surface area (Å²) in [5.74, 6) is 1.68. The molecule has 0 radical (unpaired) electrons. The first-order chi connectivity index (χ1) is 10.7. The third-order valence-corrected chi connectivity index (χ3v) is 5.40. The largest absolute Gasteiger partial charge is 0.481 e. The van der Waals surface area contributed by atoms with Crippen molar-refractivity contribution in [1.29, 1.82) is 0 Å². The number of aliphatic carboxylic acids is 1. The van der Waals surface area contributed by atoms with Gasteiger partial charge in [0.05, 0.1) is 6.10 Å². The average Bonchev–Trinajstić information content (AvgIpc) is 3.08. The Hall–Kier alpha value is -0.830. The summed E-state index contributed by atoms with van der Waals surface area (Å²) in [7, 11) is 0. The van der Waals surface area contributed by atoms with Crippen LogP contribution < -0.4 is 0 Å². The number of fused-ring (bicyclic) bond motifs is 2. The lowest BCUT2D eigenvalue weighted by Crippen LogP contribution is -2.30. The van der Waals surface area contributed by atoms with E-state index in [0.29, 0.717) is 12.0 Å². The smallest absolute Gasteiger partial charge is 0.303 e. The summed E-state index contributed by atoms with van der Waals surface area (Å²) in [6.45, 7) is 3.16. The van der Waals surface area contributed by atoms with Crippen molar-refractivity contribution in [2.45, 2.75) is 77.2 Å². The molecular formula is C19H32O3. The fourth-order valence-electron chi connectivity index (χ4n) is 4.26. The van der Waals surface area contributed by atoms with Gasteiger partial charge in [0.25, 0.3) is 0 Å². The highest BCUT2D eigenvalue weighted by Gasteiger charge is 2.47. The molecule has 22 heavy (non-hydrogen) atoms. The van der Waals surface area contributed by atoms with Gasteiger partial charge < -0.3 is 9.84 Å². The van der Waals surface area contributed by atoms with Crippen LogP contribution in [0.3, 0.4) is 0 Å². The van der Waals surface area contributed by atoms with Gasteiger partial charge in [-0.3, -0.25) is 4.79 Å². The van der Waals surface area contributed by atoms with Gasteiger partial charge in [-0.25, -0.2) is 0 Å². The number of unbranched alkanes of at least 4 members (excludes halogenated alkanes) is 3. The summed E-state index contributed by atoms with van der Waals surface area (Å²) in [6, 6.07) is 0. The molecule has 0 heterocycles. The van der Waals surface area contributed by atoms with Crippen molar-refractivity contribution in [2.75, 3.05) is 6.61 Å². The predicted octanol–water partition coefficient (Wildman–Crippen LogP) is 4.81. The van der Waals surface area contributed by atoms with Gasteiger partial charge >= 0.3 is 5.97 Å². The average molecular weight is 308 g/mol. The van der Waals surface area contributed by atoms with Crippen LogP contribution in [0.25, 0.3) is 0 Å². The van der Waals surface area contributed by atoms with Gasteiger partial charge in [-0.1, -0.05) is 31.9 Å². The molecule has 126 valence electrons. The molecule has 2 bridgehead atoms. The molecule has 0 aromatic carbocycles. The zero-order chi connectivity index (χ0) is 15.8. The maximum absolute atomic E-state index is 10.5. The van der Waals surface area contributed by atoms with Crippen molar-refractivity contribution >= 4 is 5.97 Å². The van der Waals surface area contributed by atoms with Crippen molar-refractivity contribution in [3.8, 4) is 0 Å². The fourth-order valence-corrected chi connectivity index (χ4v) is 4.26. The number of rotatable bonds is 11. The Bertz CT molecular complexity index is 364. The van der Waals surface area contributed by atoms with E-state index in [-0.39, 0.29) is 6.42 Å². The van der Waals surface area contributed by atoms with E-state index in [4.69, 9.17) is 9.84 Å². The van der Waals surface area contributed by atoms with E-state index in [2.05, 4.69) is 19.1 Å². The van der Waals surface area contributed by atoms with Crippen molar-refractivity contribution in [3.05, 3.63) is 12.2 Å². The second-order valence-corrected chi connectivity index (χ2v) is 7.03. The fraction of sp³-hybridized carbons (Fsp3) is 0.842. The molecular weight excluding hydrogens is 276 g/mol. The monoisotopic (exact) mass is 308 g/mol. The molecule has 1 N–H and O–H groups in total. The molecule has 2 aliphatic rings. The zero-order valence-electron chi connectivity index (χ0n) is 14.0.